The van der Waals surface area contributed by atoms with Crippen molar-refractivity contribution in [2.24, 2.45) is 5.41 Å². The van der Waals surface area contributed by atoms with E-state index in [2.05, 4.69) is 9.97 Å². The van der Waals surface area contributed by atoms with Gasteiger partial charge in [0.1, 0.15) is 6.33 Å². The number of likely N-dealkylation sites (tertiary alicyclic amines) is 1. The molecule has 8 nitrogen and oxygen atoms in total. The number of hydrogen-bond donors (Lipinski definition) is 0. The van der Waals surface area contributed by atoms with Gasteiger partial charge >= 0.3 is 0 Å². The van der Waals surface area contributed by atoms with Crippen LogP contribution in [0.5, 0.6) is 0 Å². The number of amides is 3. The molecular weight excluding hydrogens is 346 g/mol. The summed E-state index contributed by atoms with van der Waals surface area (Å²) in [6, 6.07) is 0. The lowest BCUT2D eigenvalue weighted by Crippen LogP contribution is -2.45. The molecule has 27 heavy (non-hydrogen) atoms. The Morgan fingerprint density at radius 3 is 2.41 bits per heavy atom. The zero-order valence-electron chi connectivity index (χ0n) is 16.1. The molecule has 1 spiro atoms. The predicted octanol–water partition coefficient (Wildman–Crippen LogP) is 0.339. The molecule has 0 N–H and O–H groups in total. The second-order valence-corrected chi connectivity index (χ2v) is 7.59. The van der Waals surface area contributed by atoms with Crippen molar-refractivity contribution in [3.05, 3.63) is 24.3 Å². The second kappa shape index (κ2) is 8.02. The summed E-state index contributed by atoms with van der Waals surface area (Å²) in [6.45, 7) is 6.83. The first kappa shape index (κ1) is 19.3. The number of aryl methyl sites for hydroxylation is 1. The van der Waals surface area contributed by atoms with E-state index in [4.69, 9.17) is 0 Å². The summed E-state index contributed by atoms with van der Waals surface area (Å²) in [7, 11) is 0. The van der Waals surface area contributed by atoms with Crippen LogP contribution in [0.25, 0.3) is 0 Å². The van der Waals surface area contributed by atoms with Crippen molar-refractivity contribution < 1.29 is 14.4 Å². The first-order valence-corrected chi connectivity index (χ1v) is 9.47. The number of hydrogen-bond acceptors (Lipinski definition) is 5. The molecule has 146 valence electrons. The Labute approximate surface area is 159 Å². The second-order valence-electron chi connectivity index (χ2n) is 7.59. The smallest absolute Gasteiger partial charge is 0.223 e. The van der Waals surface area contributed by atoms with Gasteiger partial charge in [0.25, 0.3) is 0 Å². The molecule has 0 saturated carbocycles. The van der Waals surface area contributed by atoms with Crippen LogP contribution in [-0.4, -0.2) is 81.7 Å². The Kier molecular flexibility index (Phi) is 5.72. The van der Waals surface area contributed by atoms with Crippen LogP contribution in [0.4, 0.5) is 0 Å². The van der Waals surface area contributed by atoms with Gasteiger partial charge in [-0.25, -0.2) is 9.97 Å². The van der Waals surface area contributed by atoms with Crippen molar-refractivity contribution in [2.45, 2.75) is 33.1 Å². The third kappa shape index (κ3) is 4.43. The molecular formula is C19H27N5O3. The van der Waals surface area contributed by atoms with Crippen LogP contribution >= 0.6 is 0 Å². The normalized spacial score (nSPS) is 23.0. The van der Waals surface area contributed by atoms with E-state index in [-0.39, 0.29) is 23.1 Å². The maximum atomic E-state index is 12.9. The van der Waals surface area contributed by atoms with Gasteiger partial charge in [0.2, 0.25) is 17.7 Å². The van der Waals surface area contributed by atoms with Crippen LogP contribution in [-0.2, 0) is 20.8 Å². The Balaban J connectivity index is 1.72. The van der Waals surface area contributed by atoms with Crippen molar-refractivity contribution in [2.75, 3.05) is 39.3 Å². The molecule has 1 unspecified atom stereocenters. The molecule has 0 bridgehead atoms. The van der Waals surface area contributed by atoms with Gasteiger partial charge in [0, 0.05) is 76.8 Å². The van der Waals surface area contributed by atoms with Gasteiger partial charge in [-0.15, -0.1) is 0 Å². The molecule has 0 radical (unpaired) electrons. The highest BCUT2D eigenvalue weighted by atomic mass is 16.2. The SMILES string of the molecule is CCN1CC2(CC1=O)CN(C(C)=O)CCN(C(=O)CCc1cncnc1)C2. The molecule has 2 saturated heterocycles. The summed E-state index contributed by atoms with van der Waals surface area (Å²) >= 11 is 0. The number of carbonyl (C=O) groups excluding carboxylic acids is 3. The minimum atomic E-state index is -0.374. The lowest BCUT2D eigenvalue weighted by atomic mass is 9.85. The lowest BCUT2D eigenvalue weighted by molar-refractivity contribution is -0.133. The third-order valence-corrected chi connectivity index (χ3v) is 5.52. The van der Waals surface area contributed by atoms with Crippen molar-refractivity contribution in [1.82, 2.24) is 24.7 Å². The van der Waals surface area contributed by atoms with E-state index in [1.54, 1.807) is 24.2 Å². The van der Waals surface area contributed by atoms with Gasteiger partial charge < -0.3 is 14.7 Å². The van der Waals surface area contributed by atoms with E-state index >= 15 is 0 Å². The molecule has 2 fully saturated rings. The van der Waals surface area contributed by atoms with E-state index in [0.717, 1.165) is 5.56 Å². The molecule has 1 aromatic rings. The van der Waals surface area contributed by atoms with Crippen LogP contribution in [0.1, 0.15) is 32.3 Å². The largest absolute Gasteiger partial charge is 0.342 e. The predicted molar refractivity (Wildman–Crippen MR) is 98.5 cm³/mol. The fourth-order valence-corrected chi connectivity index (χ4v) is 4.09. The molecule has 0 aromatic carbocycles. The van der Waals surface area contributed by atoms with E-state index < -0.39 is 0 Å². The third-order valence-electron chi connectivity index (χ3n) is 5.52. The number of nitrogens with zero attached hydrogens (tertiary/aromatic N) is 5. The van der Waals surface area contributed by atoms with Gasteiger partial charge in [-0.2, -0.15) is 0 Å². The fourth-order valence-electron chi connectivity index (χ4n) is 4.09. The Morgan fingerprint density at radius 2 is 1.78 bits per heavy atom. The van der Waals surface area contributed by atoms with Crippen LogP contribution in [0, 0.1) is 5.41 Å². The molecule has 2 aliphatic rings. The van der Waals surface area contributed by atoms with E-state index in [1.165, 1.54) is 6.33 Å². The molecule has 3 rings (SSSR count). The average molecular weight is 373 g/mol. The van der Waals surface area contributed by atoms with Gasteiger partial charge in [0.15, 0.2) is 0 Å². The Hall–Kier alpha value is -2.51. The number of carbonyl (C=O) groups is 3. The molecule has 1 atom stereocenters. The van der Waals surface area contributed by atoms with Crippen LogP contribution < -0.4 is 0 Å². The zero-order valence-corrected chi connectivity index (χ0v) is 16.1. The fraction of sp³-hybridized carbons (Fsp3) is 0.632. The lowest BCUT2D eigenvalue weighted by Gasteiger charge is -2.33. The maximum Gasteiger partial charge on any atom is 0.223 e. The number of aromatic nitrogens is 2. The van der Waals surface area contributed by atoms with Crippen molar-refractivity contribution in [3.63, 3.8) is 0 Å². The summed E-state index contributed by atoms with van der Waals surface area (Å²) < 4.78 is 0. The summed E-state index contributed by atoms with van der Waals surface area (Å²) in [4.78, 5) is 50.6. The Morgan fingerprint density at radius 1 is 1.11 bits per heavy atom. The summed E-state index contributed by atoms with van der Waals surface area (Å²) in [5, 5.41) is 0. The van der Waals surface area contributed by atoms with Crippen molar-refractivity contribution in [3.8, 4) is 0 Å². The zero-order chi connectivity index (χ0) is 19.4. The molecule has 3 heterocycles. The van der Waals surface area contributed by atoms with Crippen molar-refractivity contribution >= 4 is 17.7 Å². The summed E-state index contributed by atoms with van der Waals surface area (Å²) in [6.07, 6.45) is 6.25. The molecule has 2 aliphatic heterocycles. The first-order chi connectivity index (χ1) is 12.9. The monoisotopic (exact) mass is 373 g/mol. The van der Waals surface area contributed by atoms with Crippen LogP contribution in [0.15, 0.2) is 18.7 Å². The first-order valence-electron chi connectivity index (χ1n) is 9.47. The average Bonchev–Trinajstić information content (AvgIpc) is 2.84. The maximum absolute atomic E-state index is 12.9. The van der Waals surface area contributed by atoms with Gasteiger partial charge in [0.05, 0.1) is 0 Å². The molecule has 8 heteroatoms. The van der Waals surface area contributed by atoms with Crippen LogP contribution in [0.3, 0.4) is 0 Å². The van der Waals surface area contributed by atoms with Gasteiger partial charge in [-0.1, -0.05) is 0 Å². The van der Waals surface area contributed by atoms with Crippen LogP contribution in [0.2, 0.25) is 0 Å². The molecule has 3 amide bonds. The quantitative estimate of drug-likeness (QED) is 0.760. The highest BCUT2D eigenvalue weighted by Crippen LogP contribution is 2.35. The minimum Gasteiger partial charge on any atom is -0.342 e. The van der Waals surface area contributed by atoms with E-state index in [0.29, 0.717) is 58.5 Å². The molecule has 1 aromatic heterocycles. The van der Waals surface area contributed by atoms with Gasteiger partial charge in [-0.3, -0.25) is 14.4 Å². The summed E-state index contributed by atoms with van der Waals surface area (Å²) in [5.41, 5.74) is 0.551. The highest BCUT2D eigenvalue weighted by Gasteiger charge is 2.47. The van der Waals surface area contributed by atoms with Gasteiger partial charge in [-0.05, 0) is 18.9 Å². The minimum absolute atomic E-state index is 0.00694. The number of rotatable bonds is 4. The van der Waals surface area contributed by atoms with Crippen molar-refractivity contribution in [1.29, 1.82) is 0 Å². The Bertz CT molecular complexity index is 711. The topological polar surface area (TPSA) is 86.7 Å². The standard InChI is InChI=1S/C19H27N5O3/c1-3-22-11-19(8-18(22)27)12-23(15(2)25)6-7-24(13-19)17(26)5-4-16-9-20-14-21-10-16/h9-10,14H,3-8,11-13H2,1-2H3. The highest BCUT2D eigenvalue weighted by molar-refractivity contribution is 5.81. The van der Waals surface area contributed by atoms with E-state index in [1.807, 2.05) is 16.7 Å². The summed E-state index contributed by atoms with van der Waals surface area (Å²) in [5.74, 6) is 0.148. The molecule has 0 aliphatic carbocycles. The van der Waals surface area contributed by atoms with E-state index in [9.17, 15) is 14.4 Å².